The molecule has 1 aliphatic heterocycles. The fourth-order valence-corrected chi connectivity index (χ4v) is 3.28. The molecule has 0 unspecified atom stereocenters. The van der Waals surface area contributed by atoms with Crippen molar-refractivity contribution in [2.75, 3.05) is 14.2 Å². The van der Waals surface area contributed by atoms with Crippen molar-refractivity contribution in [3.63, 3.8) is 0 Å². The number of carbonyl (C=O) groups is 2. The Hall–Kier alpha value is -3.35. The van der Waals surface area contributed by atoms with E-state index in [4.69, 9.17) is 14.6 Å². The quantitative estimate of drug-likeness (QED) is 0.794. The van der Waals surface area contributed by atoms with Gasteiger partial charge in [-0.15, -0.1) is 0 Å². The lowest BCUT2D eigenvalue weighted by Gasteiger charge is -2.21. The standard InChI is InChI=1S/C21H22N2O5/c1-27-18-10-6-9-15(21(18)28-2)16-13-17(14-7-4-3-5-8-14)23(22-16)19(24)11-12-20(25)26/h3-10,17H,11-13H2,1-2H3,(H,25,26)/t17-/m0/s1. The maximum atomic E-state index is 12.7. The van der Waals surface area contributed by atoms with Crippen LogP contribution in [0, 0.1) is 0 Å². The zero-order valence-corrected chi connectivity index (χ0v) is 15.8. The number of rotatable bonds is 7. The van der Waals surface area contributed by atoms with E-state index in [2.05, 4.69) is 5.10 Å². The Kier molecular flexibility index (Phi) is 5.93. The van der Waals surface area contributed by atoms with Crippen molar-refractivity contribution >= 4 is 17.6 Å². The zero-order valence-electron chi connectivity index (χ0n) is 15.8. The number of carbonyl (C=O) groups excluding carboxylic acids is 1. The Morgan fingerprint density at radius 1 is 1.07 bits per heavy atom. The SMILES string of the molecule is COc1cccc(C2=NN(C(=O)CCC(=O)O)[C@H](c3ccccc3)C2)c1OC. The zero-order chi connectivity index (χ0) is 20.1. The van der Waals surface area contributed by atoms with Crippen molar-refractivity contribution in [1.29, 1.82) is 0 Å². The highest BCUT2D eigenvalue weighted by Crippen LogP contribution is 2.38. The number of carboxylic acid groups (broad SMARTS) is 1. The summed E-state index contributed by atoms with van der Waals surface area (Å²) < 4.78 is 10.9. The van der Waals surface area contributed by atoms with E-state index in [0.717, 1.165) is 11.1 Å². The number of hydrogen-bond donors (Lipinski definition) is 1. The first-order chi connectivity index (χ1) is 13.5. The van der Waals surface area contributed by atoms with Gasteiger partial charge in [0, 0.05) is 18.4 Å². The topological polar surface area (TPSA) is 88.4 Å². The van der Waals surface area contributed by atoms with Crippen molar-refractivity contribution < 1.29 is 24.2 Å². The summed E-state index contributed by atoms with van der Waals surface area (Å²) in [5, 5.41) is 14.9. The third kappa shape index (κ3) is 3.98. The van der Waals surface area contributed by atoms with Gasteiger partial charge in [-0.05, 0) is 17.7 Å². The molecule has 0 saturated carbocycles. The van der Waals surface area contributed by atoms with Gasteiger partial charge in [0.15, 0.2) is 11.5 Å². The maximum absolute atomic E-state index is 12.7. The van der Waals surface area contributed by atoms with E-state index in [1.54, 1.807) is 20.3 Å². The van der Waals surface area contributed by atoms with Crippen LogP contribution in [-0.2, 0) is 9.59 Å². The molecule has 0 spiro atoms. The molecule has 1 aliphatic rings. The number of aliphatic carboxylic acids is 1. The second kappa shape index (κ2) is 8.56. The molecule has 0 saturated heterocycles. The number of nitrogens with zero attached hydrogens (tertiary/aromatic N) is 2. The molecule has 2 aromatic rings. The molecule has 7 nitrogen and oxygen atoms in total. The third-order valence-electron chi connectivity index (χ3n) is 4.62. The molecule has 0 radical (unpaired) electrons. The fourth-order valence-electron chi connectivity index (χ4n) is 3.28. The summed E-state index contributed by atoms with van der Waals surface area (Å²) in [5.74, 6) is -0.208. The Balaban J connectivity index is 1.98. The first kappa shape index (κ1) is 19.4. The first-order valence-electron chi connectivity index (χ1n) is 8.92. The molecule has 1 N–H and O–H groups in total. The van der Waals surface area contributed by atoms with Gasteiger partial charge in [-0.25, -0.2) is 5.01 Å². The normalized spacial score (nSPS) is 15.9. The minimum atomic E-state index is -1.01. The molecule has 1 atom stereocenters. The minimum absolute atomic E-state index is 0.106. The van der Waals surface area contributed by atoms with Gasteiger partial charge in [0.2, 0.25) is 5.91 Å². The Morgan fingerprint density at radius 2 is 1.82 bits per heavy atom. The van der Waals surface area contributed by atoms with Crippen LogP contribution in [0.15, 0.2) is 53.6 Å². The number of ether oxygens (including phenoxy) is 2. The number of para-hydroxylation sites is 1. The molecule has 1 heterocycles. The highest BCUT2D eigenvalue weighted by molar-refractivity contribution is 6.05. The van der Waals surface area contributed by atoms with Crippen LogP contribution in [0.1, 0.15) is 36.4 Å². The van der Waals surface area contributed by atoms with E-state index in [-0.39, 0.29) is 24.8 Å². The third-order valence-corrected chi connectivity index (χ3v) is 4.62. The van der Waals surface area contributed by atoms with Crippen molar-refractivity contribution in [2.24, 2.45) is 5.10 Å². The maximum Gasteiger partial charge on any atom is 0.303 e. The fraction of sp³-hybridized carbons (Fsp3) is 0.286. The smallest absolute Gasteiger partial charge is 0.303 e. The summed E-state index contributed by atoms with van der Waals surface area (Å²) in [7, 11) is 3.12. The number of amides is 1. The molecule has 2 aromatic carbocycles. The average molecular weight is 382 g/mol. The molecule has 1 amide bonds. The van der Waals surface area contributed by atoms with E-state index < -0.39 is 5.97 Å². The van der Waals surface area contributed by atoms with Gasteiger partial charge in [0.1, 0.15) is 0 Å². The van der Waals surface area contributed by atoms with Crippen LogP contribution in [0.25, 0.3) is 0 Å². The van der Waals surface area contributed by atoms with Crippen LogP contribution in [0.3, 0.4) is 0 Å². The van der Waals surface area contributed by atoms with E-state index in [9.17, 15) is 9.59 Å². The van der Waals surface area contributed by atoms with E-state index >= 15 is 0 Å². The number of hydrazone groups is 1. The lowest BCUT2D eigenvalue weighted by atomic mass is 9.97. The number of benzene rings is 2. The molecule has 28 heavy (non-hydrogen) atoms. The van der Waals surface area contributed by atoms with Gasteiger partial charge in [-0.2, -0.15) is 5.10 Å². The lowest BCUT2D eigenvalue weighted by Crippen LogP contribution is -2.27. The highest BCUT2D eigenvalue weighted by atomic mass is 16.5. The van der Waals surface area contributed by atoms with Gasteiger partial charge in [-0.3, -0.25) is 9.59 Å². The van der Waals surface area contributed by atoms with Crippen LogP contribution >= 0.6 is 0 Å². The van der Waals surface area contributed by atoms with Crippen molar-refractivity contribution in [2.45, 2.75) is 25.3 Å². The van der Waals surface area contributed by atoms with Crippen molar-refractivity contribution in [3.8, 4) is 11.5 Å². The summed E-state index contributed by atoms with van der Waals surface area (Å²) in [5.41, 5.74) is 2.37. The molecule has 0 aliphatic carbocycles. The minimum Gasteiger partial charge on any atom is -0.493 e. The molecular weight excluding hydrogens is 360 g/mol. The van der Waals surface area contributed by atoms with Gasteiger partial charge in [0.25, 0.3) is 0 Å². The van der Waals surface area contributed by atoms with Gasteiger partial charge < -0.3 is 14.6 Å². The largest absolute Gasteiger partial charge is 0.493 e. The molecule has 7 heteroatoms. The van der Waals surface area contributed by atoms with Crippen LogP contribution in [-0.4, -0.2) is 41.9 Å². The van der Waals surface area contributed by atoms with Gasteiger partial charge in [-0.1, -0.05) is 36.4 Å². The Labute approximate surface area is 163 Å². The molecule has 0 fully saturated rings. The summed E-state index contributed by atoms with van der Waals surface area (Å²) in [6, 6.07) is 14.8. The van der Waals surface area contributed by atoms with Crippen LogP contribution in [0.4, 0.5) is 0 Å². The van der Waals surface area contributed by atoms with E-state index in [1.165, 1.54) is 5.01 Å². The van der Waals surface area contributed by atoms with E-state index in [0.29, 0.717) is 23.6 Å². The van der Waals surface area contributed by atoms with Crippen LogP contribution in [0.2, 0.25) is 0 Å². The lowest BCUT2D eigenvalue weighted by molar-refractivity contribution is -0.141. The average Bonchev–Trinajstić information content (AvgIpc) is 3.17. The molecular formula is C21H22N2O5. The number of carboxylic acids is 1. The summed E-state index contributed by atoms with van der Waals surface area (Å²) >= 11 is 0. The predicted octanol–water partition coefficient (Wildman–Crippen LogP) is 3.25. The van der Waals surface area contributed by atoms with Crippen LogP contribution in [0.5, 0.6) is 11.5 Å². The summed E-state index contributed by atoms with van der Waals surface area (Å²) in [6.45, 7) is 0. The summed E-state index contributed by atoms with van der Waals surface area (Å²) in [6.07, 6.45) is 0.154. The first-order valence-corrected chi connectivity index (χ1v) is 8.92. The number of methoxy groups -OCH3 is 2. The van der Waals surface area contributed by atoms with Crippen LogP contribution < -0.4 is 9.47 Å². The Bertz CT molecular complexity index is 895. The van der Waals surface area contributed by atoms with Gasteiger partial charge >= 0.3 is 5.97 Å². The second-order valence-electron chi connectivity index (χ2n) is 6.35. The molecule has 0 bridgehead atoms. The monoisotopic (exact) mass is 382 g/mol. The number of hydrogen-bond acceptors (Lipinski definition) is 5. The second-order valence-corrected chi connectivity index (χ2v) is 6.35. The van der Waals surface area contributed by atoms with E-state index in [1.807, 2.05) is 42.5 Å². The van der Waals surface area contributed by atoms with Gasteiger partial charge in [0.05, 0.1) is 32.4 Å². The highest BCUT2D eigenvalue weighted by Gasteiger charge is 2.34. The predicted molar refractivity (Wildman–Crippen MR) is 104 cm³/mol. The summed E-state index contributed by atoms with van der Waals surface area (Å²) in [4.78, 5) is 23.6. The molecule has 3 rings (SSSR count). The molecule has 146 valence electrons. The molecule has 0 aromatic heterocycles. The van der Waals surface area contributed by atoms with Crippen molar-refractivity contribution in [1.82, 2.24) is 5.01 Å². The Morgan fingerprint density at radius 3 is 2.46 bits per heavy atom. The van der Waals surface area contributed by atoms with Crippen molar-refractivity contribution in [3.05, 3.63) is 59.7 Å².